The highest BCUT2D eigenvalue weighted by atomic mass is 16.5. The fourth-order valence-corrected chi connectivity index (χ4v) is 4.30. The number of rotatable bonds is 2. The van der Waals surface area contributed by atoms with Gasteiger partial charge in [0.15, 0.2) is 0 Å². The Labute approximate surface area is 124 Å². The Bertz CT molecular complexity index is 362. The van der Waals surface area contributed by atoms with Crippen molar-refractivity contribution in [3.63, 3.8) is 0 Å². The molecule has 2 atom stereocenters. The van der Waals surface area contributed by atoms with Gasteiger partial charge in [0.25, 0.3) is 0 Å². The van der Waals surface area contributed by atoms with Crippen LogP contribution < -0.4 is 0 Å². The van der Waals surface area contributed by atoms with Crippen LogP contribution in [0.3, 0.4) is 0 Å². The van der Waals surface area contributed by atoms with Crippen LogP contribution in [-0.2, 0) is 9.53 Å². The summed E-state index contributed by atoms with van der Waals surface area (Å²) in [6, 6.07) is 0. The maximum atomic E-state index is 12.5. The molecule has 20 heavy (non-hydrogen) atoms. The van der Waals surface area contributed by atoms with Crippen molar-refractivity contribution in [3.8, 4) is 0 Å². The van der Waals surface area contributed by atoms with E-state index < -0.39 is 0 Å². The van der Waals surface area contributed by atoms with Crippen LogP contribution in [0, 0.1) is 17.3 Å². The van der Waals surface area contributed by atoms with Gasteiger partial charge in [-0.1, -0.05) is 20.8 Å². The molecule has 1 aliphatic carbocycles. The summed E-state index contributed by atoms with van der Waals surface area (Å²) in [4.78, 5) is 14.6. The third-order valence-corrected chi connectivity index (χ3v) is 4.72. The lowest BCUT2D eigenvalue weighted by atomic mass is 9.67. The Morgan fingerprint density at radius 3 is 2.55 bits per heavy atom. The molecule has 1 amide bonds. The Morgan fingerprint density at radius 1 is 1.25 bits per heavy atom. The van der Waals surface area contributed by atoms with Gasteiger partial charge in [0.2, 0.25) is 5.91 Å². The van der Waals surface area contributed by atoms with Crippen LogP contribution in [0.2, 0.25) is 0 Å². The summed E-state index contributed by atoms with van der Waals surface area (Å²) >= 11 is 0. The lowest BCUT2D eigenvalue weighted by Gasteiger charge is -2.41. The first kappa shape index (κ1) is 15.8. The van der Waals surface area contributed by atoms with Crippen molar-refractivity contribution in [1.29, 1.82) is 0 Å². The van der Waals surface area contributed by atoms with E-state index in [1.165, 1.54) is 19.3 Å². The fourth-order valence-electron chi connectivity index (χ4n) is 4.30. The summed E-state index contributed by atoms with van der Waals surface area (Å²) in [6.07, 6.45) is 4.42. The van der Waals surface area contributed by atoms with Gasteiger partial charge in [0, 0.05) is 19.5 Å². The molecule has 0 N–H and O–H groups in total. The summed E-state index contributed by atoms with van der Waals surface area (Å²) in [5.41, 5.74) is 0.208. The molecule has 1 aliphatic heterocycles. The highest BCUT2D eigenvalue weighted by Gasteiger charge is 2.35. The minimum absolute atomic E-state index is 0.187. The lowest BCUT2D eigenvalue weighted by Crippen LogP contribution is -2.51. The zero-order chi connectivity index (χ0) is 15.0. The Kier molecular flexibility index (Phi) is 4.48. The molecule has 0 unspecified atom stereocenters. The van der Waals surface area contributed by atoms with Crippen molar-refractivity contribution < 1.29 is 9.53 Å². The maximum Gasteiger partial charge on any atom is 0.223 e. The first-order valence-corrected chi connectivity index (χ1v) is 8.09. The molecule has 1 heterocycles. The minimum Gasteiger partial charge on any atom is -0.372 e. The molecule has 2 fully saturated rings. The summed E-state index contributed by atoms with van der Waals surface area (Å²) in [5, 5.41) is 0. The molecule has 0 bridgehead atoms. The van der Waals surface area contributed by atoms with Crippen LogP contribution in [0.4, 0.5) is 0 Å². The topological polar surface area (TPSA) is 29.5 Å². The van der Waals surface area contributed by atoms with Crippen molar-refractivity contribution in [2.24, 2.45) is 17.3 Å². The van der Waals surface area contributed by atoms with E-state index in [0.717, 1.165) is 25.4 Å². The lowest BCUT2D eigenvalue weighted by molar-refractivity contribution is -0.147. The predicted octanol–water partition coefficient (Wildman–Crippen LogP) is 3.48. The van der Waals surface area contributed by atoms with E-state index >= 15 is 0 Å². The minimum atomic E-state index is -0.187. The summed E-state index contributed by atoms with van der Waals surface area (Å²) in [6.45, 7) is 13.3. The molecular formula is C17H31NO2. The standard InChI is InChI=1S/C17H31NO2/c1-13-8-14(11-16(2,3)10-13)9-15(19)18-6-7-20-17(4,5)12-18/h13-14H,6-12H2,1-5H3/t13-,14-/m1/s1. The third-order valence-electron chi connectivity index (χ3n) is 4.72. The number of nitrogens with zero attached hydrogens (tertiary/aromatic N) is 1. The Morgan fingerprint density at radius 2 is 1.95 bits per heavy atom. The molecule has 0 aromatic rings. The first-order chi connectivity index (χ1) is 9.17. The van der Waals surface area contributed by atoms with E-state index in [2.05, 4.69) is 34.6 Å². The molecule has 1 saturated carbocycles. The van der Waals surface area contributed by atoms with Crippen LogP contribution in [-0.4, -0.2) is 36.1 Å². The number of carbonyl (C=O) groups excluding carboxylic acids is 1. The Hall–Kier alpha value is -0.570. The summed E-state index contributed by atoms with van der Waals surface area (Å²) < 4.78 is 5.69. The first-order valence-electron chi connectivity index (χ1n) is 8.09. The van der Waals surface area contributed by atoms with Gasteiger partial charge in [-0.15, -0.1) is 0 Å². The number of carbonyl (C=O) groups is 1. The Balaban J connectivity index is 1.91. The van der Waals surface area contributed by atoms with Crippen molar-refractivity contribution >= 4 is 5.91 Å². The van der Waals surface area contributed by atoms with Gasteiger partial charge in [-0.3, -0.25) is 4.79 Å². The van der Waals surface area contributed by atoms with Crippen LogP contribution in [0.25, 0.3) is 0 Å². The normalized spacial score (nSPS) is 33.0. The van der Waals surface area contributed by atoms with Crippen molar-refractivity contribution in [3.05, 3.63) is 0 Å². The molecule has 2 rings (SSSR count). The van der Waals surface area contributed by atoms with Crippen molar-refractivity contribution in [2.45, 2.75) is 65.9 Å². The molecule has 3 heteroatoms. The molecule has 3 nitrogen and oxygen atoms in total. The number of hydrogen-bond donors (Lipinski definition) is 0. The van der Waals surface area contributed by atoms with Crippen molar-refractivity contribution in [1.82, 2.24) is 4.90 Å². The highest BCUT2D eigenvalue weighted by molar-refractivity contribution is 5.76. The largest absolute Gasteiger partial charge is 0.372 e. The SMILES string of the molecule is C[C@@H]1C[C@H](CC(=O)N2CCOC(C)(C)C2)CC(C)(C)C1. The second-order valence-electron chi connectivity index (χ2n) is 8.41. The van der Waals surface area contributed by atoms with Crippen LogP contribution in [0.15, 0.2) is 0 Å². The van der Waals surface area contributed by atoms with Gasteiger partial charge in [0.1, 0.15) is 0 Å². The fraction of sp³-hybridized carbons (Fsp3) is 0.941. The number of hydrogen-bond acceptors (Lipinski definition) is 2. The van der Waals surface area contributed by atoms with E-state index in [0.29, 0.717) is 23.8 Å². The summed E-state index contributed by atoms with van der Waals surface area (Å²) in [7, 11) is 0. The molecule has 0 aromatic heterocycles. The van der Waals surface area contributed by atoms with Crippen LogP contribution in [0.1, 0.15) is 60.3 Å². The molecule has 1 saturated heterocycles. The number of amides is 1. The number of ether oxygens (including phenoxy) is 1. The quantitative estimate of drug-likeness (QED) is 0.775. The van der Waals surface area contributed by atoms with Gasteiger partial charge in [-0.25, -0.2) is 0 Å². The van der Waals surface area contributed by atoms with Gasteiger partial charge in [-0.2, -0.15) is 0 Å². The second kappa shape index (κ2) is 5.67. The van der Waals surface area contributed by atoms with Crippen LogP contribution in [0.5, 0.6) is 0 Å². The van der Waals surface area contributed by atoms with Crippen molar-refractivity contribution in [2.75, 3.05) is 19.7 Å². The molecule has 2 aliphatic rings. The second-order valence-corrected chi connectivity index (χ2v) is 8.41. The third kappa shape index (κ3) is 4.21. The van der Waals surface area contributed by atoms with Gasteiger partial charge in [0.05, 0.1) is 12.2 Å². The average Bonchev–Trinajstić information content (AvgIpc) is 2.24. The zero-order valence-electron chi connectivity index (χ0n) is 13.9. The predicted molar refractivity (Wildman–Crippen MR) is 81.5 cm³/mol. The van der Waals surface area contributed by atoms with Gasteiger partial charge in [-0.05, 0) is 50.4 Å². The maximum absolute atomic E-state index is 12.5. The number of morpholine rings is 1. The average molecular weight is 281 g/mol. The smallest absolute Gasteiger partial charge is 0.223 e. The van der Waals surface area contributed by atoms with Gasteiger partial charge < -0.3 is 9.64 Å². The molecule has 0 aromatic carbocycles. The molecule has 116 valence electrons. The zero-order valence-corrected chi connectivity index (χ0v) is 13.9. The molecule has 0 spiro atoms. The van der Waals surface area contributed by atoms with E-state index in [-0.39, 0.29) is 5.60 Å². The monoisotopic (exact) mass is 281 g/mol. The molecule has 0 radical (unpaired) electrons. The summed E-state index contributed by atoms with van der Waals surface area (Å²) in [5.74, 6) is 1.64. The molecular weight excluding hydrogens is 250 g/mol. The van der Waals surface area contributed by atoms with E-state index in [4.69, 9.17) is 4.74 Å². The van der Waals surface area contributed by atoms with E-state index in [1.54, 1.807) is 0 Å². The van der Waals surface area contributed by atoms with E-state index in [9.17, 15) is 4.79 Å². The van der Waals surface area contributed by atoms with Gasteiger partial charge >= 0.3 is 0 Å². The van der Waals surface area contributed by atoms with E-state index in [1.807, 2.05) is 4.90 Å². The van der Waals surface area contributed by atoms with Crippen LogP contribution >= 0.6 is 0 Å². The highest BCUT2D eigenvalue weighted by Crippen LogP contribution is 2.43.